The highest BCUT2D eigenvalue weighted by Crippen LogP contribution is 2.37. The van der Waals surface area contributed by atoms with Crippen molar-refractivity contribution in [1.82, 2.24) is 14.4 Å². The topological polar surface area (TPSA) is 93.0 Å². The van der Waals surface area contributed by atoms with E-state index in [2.05, 4.69) is 5.16 Å². The number of methoxy groups -OCH3 is 1. The number of nitrogens with zero attached hydrogens (tertiary/aromatic N) is 3. The Hall–Kier alpha value is -1.45. The van der Waals surface area contributed by atoms with Crippen molar-refractivity contribution >= 4 is 15.9 Å². The van der Waals surface area contributed by atoms with Crippen LogP contribution < -0.4 is 0 Å². The molecule has 0 N–H and O–H groups in total. The molecule has 2 aliphatic rings. The normalized spacial score (nSPS) is 25.8. The summed E-state index contributed by atoms with van der Waals surface area (Å²) in [6, 6.07) is 0.138. The van der Waals surface area contributed by atoms with E-state index >= 15 is 0 Å². The zero-order valence-electron chi connectivity index (χ0n) is 15.9. The Morgan fingerprint density at radius 3 is 2.31 bits per heavy atom. The second kappa shape index (κ2) is 6.94. The molecule has 3 heterocycles. The van der Waals surface area contributed by atoms with Crippen LogP contribution in [-0.4, -0.2) is 67.1 Å². The third-order valence-electron chi connectivity index (χ3n) is 5.49. The molecule has 1 amide bonds. The van der Waals surface area contributed by atoms with Crippen molar-refractivity contribution in [3.05, 3.63) is 11.5 Å². The maximum absolute atomic E-state index is 12.9. The van der Waals surface area contributed by atoms with Crippen LogP contribution in [-0.2, 0) is 19.6 Å². The fourth-order valence-electron chi connectivity index (χ4n) is 4.25. The molecular formula is C17H27N3O5S. The summed E-state index contributed by atoms with van der Waals surface area (Å²) in [5.74, 6) is 0.578. The van der Waals surface area contributed by atoms with Gasteiger partial charge in [-0.15, -0.1) is 0 Å². The highest BCUT2D eigenvalue weighted by molar-refractivity contribution is 7.89. The van der Waals surface area contributed by atoms with Gasteiger partial charge in [-0.05, 0) is 46.5 Å². The van der Waals surface area contributed by atoms with Crippen molar-refractivity contribution in [3.63, 3.8) is 0 Å². The molecule has 146 valence electrons. The van der Waals surface area contributed by atoms with E-state index in [-0.39, 0.29) is 28.8 Å². The fraction of sp³-hybridized carbons (Fsp3) is 0.765. The van der Waals surface area contributed by atoms with Gasteiger partial charge in [0, 0.05) is 26.2 Å². The van der Waals surface area contributed by atoms with Gasteiger partial charge in [0.05, 0.1) is 6.04 Å². The number of hydrogen-bond acceptors (Lipinski definition) is 6. The van der Waals surface area contributed by atoms with Crippen molar-refractivity contribution in [2.75, 3.05) is 20.2 Å². The predicted octanol–water partition coefficient (Wildman–Crippen LogP) is 1.33. The van der Waals surface area contributed by atoms with Gasteiger partial charge in [-0.3, -0.25) is 4.79 Å². The summed E-state index contributed by atoms with van der Waals surface area (Å²) in [5.41, 5.74) is 0.389. The molecule has 0 radical (unpaired) electrons. The number of aryl methyl sites for hydroxylation is 2. The lowest BCUT2D eigenvalue weighted by atomic mass is 9.79. The summed E-state index contributed by atoms with van der Waals surface area (Å²) >= 11 is 0. The van der Waals surface area contributed by atoms with E-state index in [1.807, 2.05) is 18.7 Å². The number of sulfonamides is 1. The Morgan fingerprint density at radius 2 is 1.85 bits per heavy atom. The van der Waals surface area contributed by atoms with E-state index in [1.165, 1.54) is 4.31 Å². The number of likely N-dealkylation sites (tertiary alicyclic amines) is 1. The third-order valence-corrected chi connectivity index (χ3v) is 7.63. The minimum Gasteiger partial charge on any atom is -0.369 e. The quantitative estimate of drug-likeness (QED) is 0.710. The molecular weight excluding hydrogens is 358 g/mol. The lowest BCUT2D eigenvalue weighted by molar-refractivity contribution is -0.181. The maximum atomic E-state index is 12.9. The van der Waals surface area contributed by atoms with Crippen LogP contribution in [0, 0.1) is 19.8 Å². The first-order valence-corrected chi connectivity index (χ1v) is 10.4. The first-order chi connectivity index (χ1) is 12.2. The number of piperidine rings is 1. The minimum atomic E-state index is -3.61. The van der Waals surface area contributed by atoms with Crippen LogP contribution in [0.4, 0.5) is 0 Å². The average Bonchev–Trinajstić information content (AvgIpc) is 2.92. The van der Waals surface area contributed by atoms with E-state index in [9.17, 15) is 13.2 Å². The third kappa shape index (κ3) is 2.95. The molecule has 1 aromatic rings. The van der Waals surface area contributed by atoms with E-state index in [4.69, 9.17) is 9.26 Å². The van der Waals surface area contributed by atoms with Crippen LogP contribution in [0.25, 0.3) is 0 Å². The van der Waals surface area contributed by atoms with E-state index in [0.717, 1.165) is 0 Å². The zero-order chi connectivity index (χ0) is 19.2. The lowest BCUT2D eigenvalue weighted by Crippen LogP contribution is -2.70. The Balaban J connectivity index is 1.72. The van der Waals surface area contributed by atoms with Gasteiger partial charge in [-0.25, -0.2) is 8.42 Å². The lowest BCUT2D eigenvalue weighted by Gasteiger charge is -2.53. The Labute approximate surface area is 154 Å². The molecule has 1 aromatic heterocycles. The zero-order valence-corrected chi connectivity index (χ0v) is 16.7. The smallest absolute Gasteiger partial charge is 0.254 e. The highest BCUT2D eigenvalue weighted by atomic mass is 32.2. The molecule has 2 atom stereocenters. The molecule has 0 spiro atoms. The summed E-state index contributed by atoms with van der Waals surface area (Å²) in [6.07, 6.45) is 0.987. The largest absolute Gasteiger partial charge is 0.369 e. The molecule has 9 heteroatoms. The standard InChI is InChI=1S/C17H27N3O5S/c1-10(2)20-14(15(24-5)17(20)21)13-6-8-19(9-7-13)26(22,23)16-11(3)18-25-12(16)4/h10,13-15H,6-9H2,1-5H3. The number of carbonyl (C=O) groups excluding carboxylic acids is 1. The second-order valence-electron chi connectivity index (χ2n) is 7.38. The van der Waals surface area contributed by atoms with Gasteiger partial charge in [0.1, 0.15) is 10.6 Å². The van der Waals surface area contributed by atoms with Crippen molar-refractivity contribution < 1.29 is 22.5 Å². The van der Waals surface area contributed by atoms with Gasteiger partial charge in [-0.2, -0.15) is 4.31 Å². The van der Waals surface area contributed by atoms with Gasteiger partial charge < -0.3 is 14.2 Å². The molecule has 0 aliphatic carbocycles. The molecule has 8 nitrogen and oxygen atoms in total. The first kappa shape index (κ1) is 19.3. The van der Waals surface area contributed by atoms with Crippen molar-refractivity contribution in [1.29, 1.82) is 0 Å². The first-order valence-electron chi connectivity index (χ1n) is 8.98. The molecule has 2 saturated heterocycles. The molecule has 0 saturated carbocycles. The number of rotatable bonds is 5. The summed E-state index contributed by atoms with van der Waals surface area (Å²) in [6.45, 7) is 8.08. The Kier molecular flexibility index (Phi) is 5.15. The van der Waals surface area contributed by atoms with Gasteiger partial charge in [-0.1, -0.05) is 5.16 Å². The van der Waals surface area contributed by atoms with Crippen molar-refractivity contribution in [2.24, 2.45) is 5.92 Å². The summed E-state index contributed by atoms with van der Waals surface area (Å²) < 4.78 is 37.8. The van der Waals surface area contributed by atoms with Gasteiger partial charge in [0.15, 0.2) is 11.9 Å². The van der Waals surface area contributed by atoms with Crippen LogP contribution in [0.15, 0.2) is 9.42 Å². The van der Waals surface area contributed by atoms with Gasteiger partial charge in [0.2, 0.25) is 10.0 Å². The number of aromatic nitrogens is 1. The fourth-order valence-corrected chi connectivity index (χ4v) is 6.01. The summed E-state index contributed by atoms with van der Waals surface area (Å²) in [7, 11) is -2.05. The second-order valence-corrected chi connectivity index (χ2v) is 9.26. The molecule has 2 aliphatic heterocycles. The van der Waals surface area contributed by atoms with Crippen LogP contribution in [0.3, 0.4) is 0 Å². The molecule has 0 aromatic carbocycles. The van der Waals surface area contributed by atoms with Crippen LogP contribution in [0.2, 0.25) is 0 Å². The Morgan fingerprint density at radius 1 is 1.23 bits per heavy atom. The number of hydrogen-bond donors (Lipinski definition) is 0. The predicted molar refractivity (Wildman–Crippen MR) is 94.0 cm³/mol. The minimum absolute atomic E-state index is 0.0245. The highest BCUT2D eigenvalue weighted by Gasteiger charge is 2.53. The van der Waals surface area contributed by atoms with Crippen LogP contribution >= 0.6 is 0 Å². The molecule has 2 unspecified atom stereocenters. The SMILES string of the molecule is COC1C(=O)N(C(C)C)C1C1CCN(S(=O)(=O)c2c(C)noc2C)CC1. The molecule has 2 fully saturated rings. The van der Waals surface area contributed by atoms with E-state index < -0.39 is 16.1 Å². The monoisotopic (exact) mass is 385 g/mol. The number of carbonyl (C=O) groups is 1. The van der Waals surface area contributed by atoms with Crippen LogP contribution in [0.1, 0.15) is 38.1 Å². The maximum Gasteiger partial charge on any atom is 0.254 e. The number of β-lactam (4-membered cyclic amide) rings is 1. The average molecular weight is 385 g/mol. The van der Waals surface area contributed by atoms with Crippen LogP contribution in [0.5, 0.6) is 0 Å². The van der Waals surface area contributed by atoms with Gasteiger partial charge >= 0.3 is 0 Å². The summed E-state index contributed by atoms with van der Waals surface area (Å²) in [4.78, 5) is 14.3. The van der Waals surface area contributed by atoms with Crippen molar-refractivity contribution in [2.45, 2.75) is 63.6 Å². The molecule has 0 bridgehead atoms. The van der Waals surface area contributed by atoms with Gasteiger partial charge in [0.25, 0.3) is 5.91 Å². The molecule has 26 heavy (non-hydrogen) atoms. The van der Waals surface area contributed by atoms with Crippen molar-refractivity contribution in [3.8, 4) is 0 Å². The Bertz CT molecular complexity index is 761. The molecule has 3 rings (SSSR count). The number of ether oxygens (including phenoxy) is 1. The summed E-state index contributed by atoms with van der Waals surface area (Å²) in [5, 5.41) is 3.76. The van der Waals surface area contributed by atoms with E-state index in [0.29, 0.717) is 37.4 Å². The van der Waals surface area contributed by atoms with E-state index in [1.54, 1.807) is 21.0 Å². The number of amides is 1.